The Labute approximate surface area is 189 Å². The summed E-state index contributed by atoms with van der Waals surface area (Å²) in [7, 11) is 1.60. The van der Waals surface area contributed by atoms with Crippen molar-refractivity contribution in [1.29, 1.82) is 0 Å². The number of pyridine rings is 2. The Hall–Kier alpha value is -4.24. The summed E-state index contributed by atoms with van der Waals surface area (Å²) < 4.78 is 14.6. The number of benzene rings is 1. The fourth-order valence-corrected chi connectivity index (χ4v) is 3.72. The Balaban J connectivity index is 1.47. The largest absolute Gasteiger partial charge is 0.490 e. The minimum Gasteiger partial charge on any atom is -0.490 e. The van der Waals surface area contributed by atoms with Gasteiger partial charge in [-0.2, -0.15) is 5.10 Å². The van der Waals surface area contributed by atoms with Gasteiger partial charge in [-0.15, -0.1) is 0 Å². The molecule has 33 heavy (non-hydrogen) atoms. The van der Waals surface area contributed by atoms with Crippen LogP contribution in [0.1, 0.15) is 15.9 Å². The number of methoxy groups -OCH3 is 1. The van der Waals surface area contributed by atoms with E-state index in [9.17, 15) is 4.79 Å². The molecule has 0 spiro atoms. The molecule has 0 aliphatic carbocycles. The third-order valence-electron chi connectivity index (χ3n) is 5.31. The van der Waals surface area contributed by atoms with Crippen molar-refractivity contribution in [2.45, 2.75) is 6.54 Å². The Morgan fingerprint density at radius 3 is 2.79 bits per heavy atom. The lowest BCUT2D eigenvalue weighted by molar-refractivity contribution is 0.102. The van der Waals surface area contributed by atoms with Gasteiger partial charge in [0.05, 0.1) is 30.6 Å². The molecule has 9 nitrogen and oxygen atoms in total. The first kappa shape index (κ1) is 20.7. The second-order valence-corrected chi connectivity index (χ2v) is 7.40. The molecule has 0 aliphatic rings. The van der Waals surface area contributed by atoms with Crippen LogP contribution in [0, 0.1) is 0 Å². The summed E-state index contributed by atoms with van der Waals surface area (Å²) >= 11 is 0. The summed E-state index contributed by atoms with van der Waals surface area (Å²) in [5, 5.41) is 8.40. The first-order valence-electron chi connectivity index (χ1n) is 10.5. The van der Waals surface area contributed by atoms with Gasteiger partial charge in [0, 0.05) is 43.5 Å². The van der Waals surface area contributed by atoms with Gasteiger partial charge in [0.25, 0.3) is 5.91 Å². The lowest BCUT2D eigenvalue weighted by Gasteiger charge is -2.13. The fourth-order valence-electron chi connectivity index (χ4n) is 3.72. The van der Waals surface area contributed by atoms with E-state index in [1.165, 1.54) is 0 Å². The SMILES string of the molecule is COCCOc1ccn2ccnc2c1C(=O)Nc1cccc2c1cnn2Cc1ccncc1. The van der Waals surface area contributed by atoms with Gasteiger partial charge in [-0.05, 0) is 35.9 Å². The molecular weight excluding hydrogens is 420 g/mol. The van der Waals surface area contributed by atoms with Gasteiger partial charge >= 0.3 is 0 Å². The highest BCUT2D eigenvalue weighted by Crippen LogP contribution is 2.27. The molecule has 0 unspecified atom stereocenters. The Morgan fingerprint density at radius 2 is 1.94 bits per heavy atom. The number of hydrogen-bond donors (Lipinski definition) is 1. The summed E-state index contributed by atoms with van der Waals surface area (Å²) in [5.74, 6) is 0.136. The number of hydrogen-bond acceptors (Lipinski definition) is 6. The maximum absolute atomic E-state index is 13.4. The van der Waals surface area contributed by atoms with Crippen molar-refractivity contribution in [3.63, 3.8) is 0 Å². The van der Waals surface area contributed by atoms with Crippen LogP contribution in [0.25, 0.3) is 16.6 Å². The van der Waals surface area contributed by atoms with Crippen LogP contribution in [0.15, 0.2) is 73.6 Å². The van der Waals surface area contributed by atoms with Crippen LogP contribution in [0.2, 0.25) is 0 Å². The van der Waals surface area contributed by atoms with Crippen LogP contribution in [-0.2, 0) is 11.3 Å². The molecule has 0 bridgehead atoms. The molecular formula is C24H22N6O3. The van der Waals surface area contributed by atoms with Gasteiger partial charge in [0.15, 0.2) is 5.65 Å². The summed E-state index contributed by atoms with van der Waals surface area (Å²) in [6.45, 7) is 1.34. The van der Waals surface area contributed by atoms with E-state index in [0.717, 1.165) is 16.5 Å². The van der Waals surface area contributed by atoms with Gasteiger partial charge in [0.2, 0.25) is 0 Å². The summed E-state index contributed by atoms with van der Waals surface area (Å²) in [6.07, 6.45) is 10.5. The van der Waals surface area contributed by atoms with E-state index in [4.69, 9.17) is 9.47 Å². The van der Waals surface area contributed by atoms with Crippen molar-refractivity contribution in [2.75, 3.05) is 25.6 Å². The monoisotopic (exact) mass is 442 g/mol. The van der Waals surface area contributed by atoms with Crippen LogP contribution in [-0.4, -0.2) is 50.4 Å². The zero-order chi connectivity index (χ0) is 22.6. The number of fused-ring (bicyclic) bond motifs is 2. The van der Waals surface area contributed by atoms with Crippen LogP contribution in [0.3, 0.4) is 0 Å². The molecule has 1 N–H and O–H groups in total. The van der Waals surface area contributed by atoms with E-state index in [2.05, 4.69) is 20.4 Å². The summed E-state index contributed by atoms with van der Waals surface area (Å²) in [6, 6.07) is 11.4. The molecule has 0 aliphatic heterocycles. The predicted molar refractivity (Wildman–Crippen MR) is 124 cm³/mol. The molecule has 5 rings (SSSR count). The molecule has 4 heterocycles. The average Bonchev–Trinajstić information content (AvgIpc) is 3.47. The highest BCUT2D eigenvalue weighted by molar-refractivity contribution is 6.13. The van der Waals surface area contributed by atoms with Crippen molar-refractivity contribution < 1.29 is 14.3 Å². The molecule has 0 atom stereocenters. The maximum Gasteiger partial charge on any atom is 0.263 e. The van der Waals surface area contributed by atoms with E-state index >= 15 is 0 Å². The molecule has 9 heteroatoms. The highest BCUT2D eigenvalue weighted by Gasteiger charge is 2.20. The van der Waals surface area contributed by atoms with Crippen molar-refractivity contribution in [1.82, 2.24) is 24.1 Å². The number of ether oxygens (including phenoxy) is 2. The first-order chi connectivity index (χ1) is 16.2. The number of anilines is 1. The number of rotatable bonds is 8. The lowest BCUT2D eigenvalue weighted by Crippen LogP contribution is -2.16. The number of imidazole rings is 1. The second-order valence-electron chi connectivity index (χ2n) is 7.40. The van der Waals surface area contributed by atoms with Crippen molar-refractivity contribution in [3.8, 4) is 5.75 Å². The van der Waals surface area contributed by atoms with Crippen molar-refractivity contribution >= 4 is 28.1 Å². The molecule has 0 saturated heterocycles. The maximum atomic E-state index is 13.4. The molecule has 0 fully saturated rings. The molecule has 1 aromatic carbocycles. The third-order valence-corrected chi connectivity index (χ3v) is 5.31. The second kappa shape index (κ2) is 9.09. The van der Waals surface area contributed by atoms with Crippen LogP contribution >= 0.6 is 0 Å². The van der Waals surface area contributed by atoms with E-state index in [-0.39, 0.29) is 5.91 Å². The molecule has 5 aromatic rings. The topological polar surface area (TPSA) is 95.6 Å². The van der Waals surface area contributed by atoms with E-state index in [1.807, 2.05) is 41.2 Å². The number of amides is 1. The standard InChI is InChI=1S/C24H22N6O3/c1-32-13-14-33-21-7-11-29-12-10-26-23(29)22(21)24(31)28-19-3-2-4-20-18(19)15-27-30(20)16-17-5-8-25-9-6-17/h2-12,15H,13-14,16H2,1H3,(H,28,31). The molecule has 166 valence electrons. The van der Waals surface area contributed by atoms with Crippen molar-refractivity contribution in [2.24, 2.45) is 0 Å². The van der Waals surface area contributed by atoms with E-state index in [0.29, 0.717) is 42.4 Å². The number of carbonyl (C=O) groups is 1. The summed E-state index contributed by atoms with van der Waals surface area (Å²) in [4.78, 5) is 21.8. The fraction of sp³-hybridized carbons (Fsp3) is 0.167. The minimum atomic E-state index is -0.311. The smallest absolute Gasteiger partial charge is 0.263 e. The predicted octanol–water partition coefficient (Wildman–Crippen LogP) is 3.40. The zero-order valence-corrected chi connectivity index (χ0v) is 18.0. The normalized spacial score (nSPS) is 11.2. The quantitative estimate of drug-likeness (QED) is 0.370. The first-order valence-corrected chi connectivity index (χ1v) is 10.5. The average molecular weight is 442 g/mol. The number of nitrogens with one attached hydrogen (secondary N) is 1. The Morgan fingerprint density at radius 1 is 1.06 bits per heavy atom. The van der Waals surface area contributed by atoms with Gasteiger partial charge < -0.3 is 19.2 Å². The molecule has 0 saturated carbocycles. The van der Waals surface area contributed by atoms with Gasteiger partial charge in [-0.1, -0.05) is 6.07 Å². The molecule has 4 aromatic heterocycles. The zero-order valence-electron chi connectivity index (χ0n) is 18.0. The lowest BCUT2D eigenvalue weighted by atomic mass is 10.2. The molecule has 0 radical (unpaired) electrons. The van der Waals surface area contributed by atoms with E-state index < -0.39 is 0 Å². The highest BCUT2D eigenvalue weighted by atomic mass is 16.5. The van der Waals surface area contributed by atoms with Crippen molar-refractivity contribution in [3.05, 3.63) is 84.7 Å². The van der Waals surface area contributed by atoms with Crippen LogP contribution < -0.4 is 10.1 Å². The van der Waals surface area contributed by atoms with Gasteiger partial charge in [-0.25, -0.2) is 4.98 Å². The summed E-state index contributed by atoms with van der Waals surface area (Å²) in [5.41, 5.74) is 3.55. The number of carbonyl (C=O) groups excluding carboxylic acids is 1. The third kappa shape index (κ3) is 4.13. The number of aromatic nitrogens is 5. The minimum absolute atomic E-state index is 0.311. The molecule has 1 amide bonds. The Bertz CT molecular complexity index is 1410. The van der Waals surface area contributed by atoms with E-state index in [1.54, 1.807) is 48.6 Å². The van der Waals surface area contributed by atoms with Crippen LogP contribution in [0.4, 0.5) is 5.69 Å². The number of nitrogens with zero attached hydrogens (tertiary/aromatic N) is 5. The Kier molecular flexibility index (Phi) is 5.69. The van der Waals surface area contributed by atoms with Gasteiger partial charge in [0.1, 0.15) is 17.9 Å². The van der Waals surface area contributed by atoms with Gasteiger partial charge in [-0.3, -0.25) is 14.5 Å². The van der Waals surface area contributed by atoms with Crippen LogP contribution in [0.5, 0.6) is 5.75 Å².